The van der Waals surface area contributed by atoms with E-state index in [1.807, 2.05) is 0 Å². The Kier molecular flexibility index (Phi) is 6.07. The van der Waals surface area contributed by atoms with E-state index >= 15 is 0 Å². The lowest BCUT2D eigenvalue weighted by Crippen LogP contribution is -2.38. The van der Waals surface area contributed by atoms with Gasteiger partial charge in [-0.15, -0.1) is 11.3 Å². The average Bonchev–Trinajstić information content (AvgIpc) is 3.15. The number of aryl methyl sites for hydroxylation is 1. The van der Waals surface area contributed by atoms with Gasteiger partial charge in [-0.25, -0.2) is 8.42 Å². The van der Waals surface area contributed by atoms with Crippen LogP contribution in [0.4, 0.5) is 10.7 Å². The molecule has 4 rings (SSSR count). The highest BCUT2D eigenvalue weighted by Gasteiger charge is 2.28. The number of fused-ring (bicyclic) bond motifs is 1. The first-order chi connectivity index (χ1) is 15.0. The number of para-hydroxylation sites is 1. The number of carbonyl (C=O) groups is 1. The molecule has 1 aromatic heterocycles. The number of nitrogens with zero attached hydrogens (tertiary/aromatic N) is 2. The molecule has 1 aliphatic rings. The SMILES string of the molecule is N#Cc1c(NC(=O)CN(c2ccccc2)S(=O)(=O)c2ccccc2)sc2c1CCCC2. The fourth-order valence-corrected chi connectivity index (χ4v) is 6.40. The van der Waals surface area contributed by atoms with E-state index in [-0.39, 0.29) is 4.90 Å². The number of benzene rings is 2. The van der Waals surface area contributed by atoms with Crippen molar-refractivity contribution >= 4 is 38.0 Å². The Hall–Kier alpha value is -3.15. The number of anilines is 2. The molecule has 0 saturated heterocycles. The van der Waals surface area contributed by atoms with E-state index in [1.54, 1.807) is 48.5 Å². The number of hydrogen-bond acceptors (Lipinski definition) is 5. The van der Waals surface area contributed by atoms with Crippen LogP contribution < -0.4 is 9.62 Å². The molecule has 0 saturated carbocycles. The first-order valence-corrected chi connectivity index (χ1v) is 12.2. The van der Waals surface area contributed by atoms with E-state index < -0.39 is 22.5 Å². The molecule has 1 amide bonds. The average molecular weight is 452 g/mol. The molecular formula is C23H21N3O3S2. The van der Waals surface area contributed by atoms with Crippen LogP contribution in [0.15, 0.2) is 65.6 Å². The summed E-state index contributed by atoms with van der Waals surface area (Å²) in [6, 6.07) is 18.8. The van der Waals surface area contributed by atoms with Crippen molar-refractivity contribution in [3.05, 3.63) is 76.7 Å². The predicted octanol–water partition coefficient (Wildman–Crippen LogP) is 4.33. The van der Waals surface area contributed by atoms with E-state index in [0.29, 0.717) is 16.3 Å². The van der Waals surface area contributed by atoms with Crippen LogP contribution in [0.5, 0.6) is 0 Å². The Morgan fingerprint density at radius 1 is 1.03 bits per heavy atom. The largest absolute Gasteiger partial charge is 0.315 e. The number of sulfonamides is 1. The molecule has 0 unspecified atom stereocenters. The van der Waals surface area contributed by atoms with Crippen molar-refractivity contribution in [3.63, 3.8) is 0 Å². The molecule has 1 N–H and O–H groups in total. The molecule has 8 heteroatoms. The Bertz CT molecular complexity index is 1230. The van der Waals surface area contributed by atoms with Gasteiger partial charge in [0.2, 0.25) is 5.91 Å². The Labute approximate surface area is 185 Å². The van der Waals surface area contributed by atoms with Crippen LogP contribution in [-0.2, 0) is 27.7 Å². The number of nitriles is 1. The summed E-state index contributed by atoms with van der Waals surface area (Å²) in [5.74, 6) is -0.488. The highest BCUT2D eigenvalue weighted by Crippen LogP contribution is 2.37. The molecule has 6 nitrogen and oxygen atoms in total. The lowest BCUT2D eigenvalue weighted by Gasteiger charge is -2.24. The molecule has 1 aliphatic carbocycles. The molecule has 0 radical (unpaired) electrons. The molecule has 0 fully saturated rings. The van der Waals surface area contributed by atoms with Crippen molar-refractivity contribution < 1.29 is 13.2 Å². The van der Waals surface area contributed by atoms with Crippen LogP contribution in [0, 0.1) is 11.3 Å². The second-order valence-electron chi connectivity index (χ2n) is 7.24. The van der Waals surface area contributed by atoms with Crippen molar-refractivity contribution in [2.75, 3.05) is 16.2 Å². The smallest absolute Gasteiger partial charge is 0.264 e. The highest BCUT2D eigenvalue weighted by molar-refractivity contribution is 7.92. The van der Waals surface area contributed by atoms with Gasteiger partial charge in [0.1, 0.15) is 17.6 Å². The van der Waals surface area contributed by atoms with E-state index in [2.05, 4.69) is 11.4 Å². The first-order valence-electron chi connectivity index (χ1n) is 9.98. The van der Waals surface area contributed by atoms with Crippen LogP contribution >= 0.6 is 11.3 Å². The molecule has 0 aliphatic heterocycles. The third kappa shape index (κ3) is 4.33. The molecular weight excluding hydrogens is 430 g/mol. The quantitative estimate of drug-likeness (QED) is 0.604. The molecule has 0 bridgehead atoms. The standard InChI is InChI=1S/C23H21N3O3S2/c24-15-20-19-13-7-8-14-21(19)30-23(20)25-22(27)16-26(17-9-3-1-4-10-17)31(28,29)18-11-5-2-6-12-18/h1-6,9-12H,7-8,13-14,16H2,(H,25,27). The Morgan fingerprint density at radius 3 is 2.35 bits per heavy atom. The lowest BCUT2D eigenvalue weighted by molar-refractivity contribution is -0.114. The molecule has 3 aromatic rings. The number of hydrogen-bond donors (Lipinski definition) is 1. The fourth-order valence-electron chi connectivity index (χ4n) is 3.70. The van der Waals surface area contributed by atoms with Gasteiger partial charge in [0.15, 0.2) is 0 Å². The number of rotatable bonds is 6. The van der Waals surface area contributed by atoms with Crippen LogP contribution in [-0.4, -0.2) is 20.9 Å². The van der Waals surface area contributed by atoms with Crippen LogP contribution in [0.2, 0.25) is 0 Å². The van der Waals surface area contributed by atoms with Crippen LogP contribution in [0.3, 0.4) is 0 Å². The maximum absolute atomic E-state index is 13.3. The Morgan fingerprint density at radius 2 is 1.68 bits per heavy atom. The normalized spacial score (nSPS) is 13.1. The summed E-state index contributed by atoms with van der Waals surface area (Å²) in [5, 5.41) is 12.9. The van der Waals surface area contributed by atoms with Gasteiger partial charge >= 0.3 is 0 Å². The maximum Gasteiger partial charge on any atom is 0.264 e. The fraction of sp³-hybridized carbons (Fsp3) is 0.217. The first kappa shape index (κ1) is 21.1. The highest BCUT2D eigenvalue weighted by atomic mass is 32.2. The zero-order valence-corrected chi connectivity index (χ0v) is 18.4. The van der Waals surface area contributed by atoms with Gasteiger partial charge in [-0.3, -0.25) is 9.10 Å². The number of amides is 1. The van der Waals surface area contributed by atoms with Crippen molar-refractivity contribution in [1.29, 1.82) is 5.26 Å². The van der Waals surface area contributed by atoms with Crippen molar-refractivity contribution in [2.24, 2.45) is 0 Å². The summed E-state index contributed by atoms with van der Waals surface area (Å²) >= 11 is 1.42. The Balaban J connectivity index is 1.63. The molecule has 2 aromatic carbocycles. The number of carbonyl (C=O) groups excluding carboxylic acids is 1. The minimum absolute atomic E-state index is 0.107. The van der Waals surface area contributed by atoms with E-state index in [0.717, 1.165) is 40.4 Å². The maximum atomic E-state index is 13.3. The minimum atomic E-state index is -3.95. The van der Waals surface area contributed by atoms with Crippen LogP contribution in [0.1, 0.15) is 28.8 Å². The monoisotopic (exact) mass is 451 g/mol. The second kappa shape index (κ2) is 8.92. The van der Waals surface area contributed by atoms with E-state index in [1.165, 1.54) is 23.5 Å². The van der Waals surface area contributed by atoms with Gasteiger partial charge in [0.05, 0.1) is 16.1 Å². The summed E-state index contributed by atoms with van der Waals surface area (Å²) in [4.78, 5) is 14.2. The van der Waals surface area contributed by atoms with Gasteiger partial charge in [-0.1, -0.05) is 36.4 Å². The zero-order chi connectivity index (χ0) is 21.8. The molecule has 158 valence electrons. The number of nitrogens with one attached hydrogen (secondary N) is 1. The van der Waals surface area contributed by atoms with E-state index in [4.69, 9.17) is 0 Å². The molecule has 1 heterocycles. The summed E-state index contributed by atoms with van der Waals surface area (Å²) in [5.41, 5.74) is 1.92. The van der Waals surface area contributed by atoms with Gasteiger partial charge in [-0.2, -0.15) is 5.26 Å². The third-order valence-electron chi connectivity index (χ3n) is 5.20. The summed E-state index contributed by atoms with van der Waals surface area (Å²) in [7, 11) is -3.95. The number of thiophene rings is 1. The van der Waals surface area contributed by atoms with Gasteiger partial charge < -0.3 is 5.32 Å². The molecule has 0 atom stereocenters. The molecule has 0 spiro atoms. The van der Waals surface area contributed by atoms with Gasteiger partial charge in [-0.05, 0) is 55.5 Å². The summed E-state index contributed by atoms with van der Waals surface area (Å²) < 4.78 is 27.7. The third-order valence-corrected chi connectivity index (χ3v) is 8.19. The predicted molar refractivity (Wildman–Crippen MR) is 122 cm³/mol. The summed E-state index contributed by atoms with van der Waals surface area (Å²) in [6.45, 7) is -0.394. The van der Waals surface area contributed by atoms with Gasteiger partial charge in [0.25, 0.3) is 10.0 Å². The van der Waals surface area contributed by atoms with Gasteiger partial charge in [0, 0.05) is 4.88 Å². The van der Waals surface area contributed by atoms with Crippen molar-refractivity contribution in [2.45, 2.75) is 30.6 Å². The minimum Gasteiger partial charge on any atom is -0.315 e. The van der Waals surface area contributed by atoms with E-state index in [9.17, 15) is 18.5 Å². The van der Waals surface area contributed by atoms with Crippen LogP contribution in [0.25, 0.3) is 0 Å². The second-order valence-corrected chi connectivity index (χ2v) is 10.2. The molecule has 31 heavy (non-hydrogen) atoms. The summed E-state index contributed by atoms with van der Waals surface area (Å²) in [6.07, 6.45) is 3.85. The zero-order valence-electron chi connectivity index (χ0n) is 16.7. The lowest BCUT2D eigenvalue weighted by atomic mass is 9.96. The topological polar surface area (TPSA) is 90.3 Å². The van der Waals surface area contributed by atoms with Crippen molar-refractivity contribution in [1.82, 2.24) is 0 Å². The van der Waals surface area contributed by atoms with Crippen molar-refractivity contribution in [3.8, 4) is 6.07 Å².